The smallest absolute Gasteiger partial charge is 0.272 e. The molecule has 5 rings (SSSR count). The Labute approximate surface area is 213 Å². The maximum atomic E-state index is 13.6. The van der Waals surface area contributed by atoms with Crippen LogP contribution in [0.15, 0.2) is 36.5 Å². The summed E-state index contributed by atoms with van der Waals surface area (Å²) in [6, 6.07) is 10.4. The zero-order valence-corrected chi connectivity index (χ0v) is 21.4. The Morgan fingerprint density at radius 1 is 1.11 bits per heavy atom. The van der Waals surface area contributed by atoms with Crippen LogP contribution in [0.2, 0.25) is 0 Å². The van der Waals surface area contributed by atoms with Crippen molar-refractivity contribution >= 4 is 40.4 Å². The van der Waals surface area contributed by atoms with Crippen molar-refractivity contribution in [1.82, 2.24) is 14.8 Å². The molecule has 3 aliphatic rings. The molecule has 35 heavy (non-hydrogen) atoms. The lowest BCUT2D eigenvalue weighted by atomic mass is 9.75. The van der Waals surface area contributed by atoms with Gasteiger partial charge in [-0.15, -0.1) is 4.98 Å². The Kier molecular flexibility index (Phi) is 6.58. The van der Waals surface area contributed by atoms with E-state index in [2.05, 4.69) is 55.8 Å². The quantitative estimate of drug-likeness (QED) is 0.449. The molecule has 2 aliphatic heterocycles. The van der Waals surface area contributed by atoms with Gasteiger partial charge in [-0.3, -0.25) is 9.69 Å². The monoisotopic (exact) mass is 488 g/mol. The van der Waals surface area contributed by atoms with Crippen LogP contribution < -0.4 is 9.80 Å². The molecule has 7 nitrogen and oxygen atoms in total. The number of piperazine rings is 1. The highest BCUT2D eigenvalue weighted by molar-refractivity contribution is 7.81. The molecule has 3 heterocycles. The summed E-state index contributed by atoms with van der Waals surface area (Å²) in [5, 5.41) is 0.495. The maximum absolute atomic E-state index is 13.6. The van der Waals surface area contributed by atoms with Gasteiger partial charge < -0.3 is 19.5 Å². The van der Waals surface area contributed by atoms with E-state index in [1.54, 1.807) is 11.1 Å². The number of likely N-dealkylation sites (N-methyl/N-ethyl adjacent to an activating group) is 1. The van der Waals surface area contributed by atoms with Gasteiger partial charge in [0, 0.05) is 31.9 Å². The number of benzene rings is 1. The molecule has 2 aromatic rings. The fourth-order valence-electron chi connectivity index (χ4n) is 5.39. The van der Waals surface area contributed by atoms with E-state index >= 15 is 0 Å². The largest absolute Gasteiger partial charge is 0.360 e. The molecule has 1 aliphatic carbocycles. The molecule has 0 unspecified atom stereocenters. The molecule has 0 N–H and O–H groups in total. The molecule has 2 saturated heterocycles. The maximum Gasteiger partial charge on any atom is 0.272 e. The highest BCUT2D eigenvalue weighted by atomic mass is 32.1. The second-order valence-corrected chi connectivity index (χ2v) is 10.4. The minimum atomic E-state index is -0.605. The molecule has 0 bridgehead atoms. The van der Waals surface area contributed by atoms with Gasteiger partial charge in [-0.05, 0) is 94.2 Å². The summed E-state index contributed by atoms with van der Waals surface area (Å²) in [5.74, 6) is 0.367. The molecular formula is C27H32N6OS. The number of amides is 1. The fourth-order valence-corrected chi connectivity index (χ4v) is 5.86. The minimum absolute atomic E-state index is 0.0155. The number of aromatic nitrogens is 1. The van der Waals surface area contributed by atoms with E-state index in [0.717, 1.165) is 76.1 Å². The molecule has 1 amide bonds. The lowest BCUT2D eigenvalue weighted by molar-refractivity contribution is -0.123. The van der Waals surface area contributed by atoms with Crippen molar-refractivity contribution in [2.24, 2.45) is 0 Å². The topological polar surface area (TPSA) is 47.3 Å². The molecule has 1 saturated carbocycles. The summed E-state index contributed by atoms with van der Waals surface area (Å²) in [5.41, 5.74) is 3.06. The van der Waals surface area contributed by atoms with Gasteiger partial charge in [0.15, 0.2) is 5.11 Å². The Hall–Kier alpha value is -2.86. The molecule has 3 fully saturated rings. The van der Waals surface area contributed by atoms with Crippen LogP contribution in [-0.4, -0.2) is 71.1 Å². The van der Waals surface area contributed by atoms with Gasteiger partial charge in [0.25, 0.3) is 11.7 Å². The number of nitrogens with zero attached hydrogens (tertiary/aromatic N) is 6. The second-order valence-electron chi connectivity index (χ2n) is 10.0. The normalized spacial score (nSPS) is 20.4. The summed E-state index contributed by atoms with van der Waals surface area (Å²) >= 11 is 5.87. The van der Waals surface area contributed by atoms with Crippen LogP contribution in [0.4, 0.5) is 17.2 Å². The lowest BCUT2D eigenvalue weighted by Gasteiger charge is -2.43. The average molecular weight is 489 g/mol. The standard InChI is InChI=1S/C27H32N6OS/c1-20-18-23(19-29-24(20)28-2)32-25(34)27(11-5-12-27)33(26(32)35)22-9-7-21(8-10-22)6-4-13-31-16-14-30(3)15-17-31/h7-10,18-19H,4-6,11-17H2,1,3H3. The van der Waals surface area contributed by atoms with E-state index < -0.39 is 5.54 Å². The zero-order valence-electron chi connectivity index (χ0n) is 20.5. The number of hydrogen-bond donors (Lipinski definition) is 0. The molecule has 182 valence electrons. The van der Waals surface area contributed by atoms with Crippen molar-refractivity contribution in [2.45, 2.75) is 44.6 Å². The van der Waals surface area contributed by atoms with Crippen molar-refractivity contribution in [3.63, 3.8) is 0 Å². The molecule has 8 heteroatoms. The van der Waals surface area contributed by atoms with Gasteiger partial charge in [-0.2, -0.15) is 0 Å². The highest BCUT2D eigenvalue weighted by Gasteiger charge is 2.59. The van der Waals surface area contributed by atoms with E-state index in [0.29, 0.717) is 16.6 Å². The van der Waals surface area contributed by atoms with Crippen molar-refractivity contribution in [1.29, 1.82) is 0 Å². The Bertz CT molecular complexity index is 1160. The van der Waals surface area contributed by atoms with Gasteiger partial charge in [0.1, 0.15) is 11.7 Å². The van der Waals surface area contributed by atoms with Gasteiger partial charge in [0.05, 0.1) is 5.69 Å². The predicted octanol–water partition coefficient (Wildman–Crippen LogP) is 4.18. The third-order valence-corrected chi connectivity index (χ3v) is 8.09. The Balaban J connectivity index is 1.30. The number of anilines is 2. The zero-order chi connectivity index (χ0) is 24.6. The summed E-state index contributed by atoms with van der Waals surface area (Å²) in [6.07, 6.45) is 6.38. The summed E-state index contributed by atoms with van der Waals surface area (Å²) < 4.78 is 0. The van der Waals surface area contributed by atoms with E-state index in [4.69, 9.17) is 18.8 Å². The van der Waals surface area contributed by atoms with Gasteiger partial charge >= 0.3 is 0 Å². The van der Waals surface area contributed by atoms with Crippen LogP contribution in [0.25, 0.3) is 4.85 Å². The predicted molar refractivity (Wildman–Crippen MR) is 143 cm³/mol. The number of carbonyl (C=O) groups excluding carboxylic acids is 1. The van der Waals surface area contributed by atoms with Gasteiger partial charge in [-0.1, -0.05) is 18.7 Å². The summed E-state index contributed by atoms with van der Waals surface area (Å²) in [4.78, 5) is 30.0. The first-order valence-electron chi connectivity index (χ1n) is 12.5. The number of aryl methyl sites for hydroxylation is 2. The summed E-state index contributed by atoms with van der Waals surface area (Å²) in [6.45, 7) is 14.9. The van der Waals surface area contributed by atoms with Crippen LogP contribution in [-0.2, 0) is 11.2 Å². The van der Waals surface area contributed by atoms with Crippen molar-refractivity contribution < 1.29 is 4.79 Å². The van der Waals surface area contributed by atoms with E-state index in [-0.39, 0.29) is 5.91 Å². The number of hydrogen-bond acceptors (Lipinski definition) is 5. The average Bonchev–Trinajstić information content (AvgIpc) is 3.07. The molecular weight excluding hydrogens is 456 g/mol. The Morgan fingerprint density at radius 2 is 1.83 bits per heavy atom. The first-order valence-corrected chi connectivity index (χ1v) is 12.9. The minimum Gasteiger partial charge on any atom is -0.360 e. The first-order chi connectivity index (χ1) is 16.9. The first kappa shape index (κ1) is 23.9. The Morgan fingerprint density at radius 3 is 2.43 bits per heavy atom. The van der Waals surface area contributed by atoms with Crippen LogP contribution in [0.1, 0.15) is 36.8 Å². The van der Waals surface area contributed by atoms with Gasteiger partial charge in [-0.25, -0.2) is 0 Å². The van der Waals surface area contributed by atoms with Gasteiger partial charge in [0.2, 0.25) is 0 Å². The molecule has 1 aromatic heterocycles. The van der Waals surface area contributed by atoms with E-state index in [1.807, 2.05) is 13.0 Å². The van der Waals surface area contributed by atoms with Crippen molar-refractivity contribution in [2.75, 3.05) is 49.6 Å². The third kappa shape index (κ3) is 4.33. The van der Waals surface area contributed by atoms with E-state index in [9.17, 15) is 4.79 Å². The SMILES string of the molecule is [C-]#[N+]c1ncc(N2C(=O)C3(CCC3)N(c3ccc(CCCN4CCN(C)CC4)cc3)C2=S)cc1C. The van der Waals surface area contributed by atoms with Crippen LogP contribution >= 0.6 is 12.2 Å². The van der Waals surface area contributed by atoms with E-state index in [1.165, 1.54) is 5.56 Å². The number of carbonyl (C=O) groups is 1. The molecule has 1 spiro atoms. The van der Waals surface area contributed by atoms with Crippen molar-refractivity contribution in [3.8, 4) is 0 Å². The molecule has 0 radical (unpaired) electrons. The third-order valence-electron chi connectivity index (χ3n) is 7.72. The van der Waals surface area contributed by atoms with Crippen LogP contribution in [0.3, 0.4) is 0 Å². The van der Waals surface area contributed by atoms with Crippen LogP contribution in [0.5, 0.6) is 0 Å². The summed E-state index contributed by atoms with van der Waals surface area (Å²) in [7, 11) is 2.19. The van der Waals surface area contributed by atoms with Crippen molar-refractivity contribution in [3.05, 3.63) is 59.1 Å². The molecule has 0 atom stereocenters. The fraction of sp³-hybridized carbons (Fsp3) is 0.481. The number of pyridine rings is 1. The number of thiocarbonyl (C=S) groups is 1. The highest BCUT2D eigenvalue weighted by Crippen LogP contribution is 2.47. The number of rotatable bonds is 6. The lowest BCUT2D eigenvalue weighted by Crippen LogP contribution is -2.55. The van der Waals surface area contributed by atoms with Crippen LogP contribution in [0, 0.1) is 13.5 Å². The molecule has 1 aromatic carbocycles. The second kappa shape index (κ2) is 9.65.